The summed E-state index contributed by atoms with van der Waals surface area (Å²) in [6, 6.07) is 3.33. The third-order valence-electron chi connectivity index (χ3n) is 2.80. The lowest BCUT2D eigenvalue weighted by Crippen LogP contribution is -2.32. The van der Waals surface area contributed by atoms with Crippen LogP contribution in [0.5, 0.6) is 0 Å². The summed E-state index contributed by atoms with van der Waals surface area (Å²) >= 11 is 3.51. The molecule has 0 radical (unpaired) electrons. The Kier molecular flexibility index (Phi) is 4.30. The van der Waals surface area contributed by atoms with Crippen LogP contribution in [0.1, 0.15) is 26.5 Å². The maximum Gasteiger partial charge on any atom is 0.266 e. The van der Waals surface area contributed by atoms with Crippen molar-refractivity contribution in [1.29, 1.82) is 0 Å². The predicted molar refractivity (Wildman–Crippen MR) is 70.0 cm³/mol. The van der Waals surface area contributed by atoms with Gasteiger partial charge < -0.3 is 0 Å². The molecular formula is C12H19BrN2O. The molecule has 90 valence electrons. The molecule has 1 rings (SSSR count). The van der Waals surface area contributed by atoms with Gasteiger partial charge >= 0.3 is 0 Å². The molecule has 0 aromatic carbocycles. The van der Waals surface area contributed by atoms with E-state index >= 15 is 0 Å². The van der Waals surface area contributed by atoms with E-state index in [1.807, 2.05) is 6.92 Å². The molecule has 1 aromatic heterocycles. The number of halogens is 1. The smallest absolute Gasteiger partial charge is 0.266 e. The summed E-state index contributed by atoms with van der Waals surface area (Å²) in [5.74, 6) is 0.388. The lowest BCUT2D eigenvalue weighted by Gasteiger charge is -2.29. The molecule has 1 atom stereocenters. The summed E-state index contributed by atoms with van der Waals surface area (Å²) in [4.78, 5) is 11.6. The molecule has 0 saturated carbocycles. The fourth-order valence-electron chi connectivity index (χ4n) is 1.44. The fourth-order valence-corrected chi connectivity index (χ4v) is 2.62. The molecule has 0 spiro atoms. The van der Waals surface area contributed by atoms with Gasteiger partial charge in [-0.15, -0.1) is 0 Å². The number of nitrogens with zero attached hydrogens (tertiary/aromatic N) is 2. The topological polar surface area (TPSA) is 34.9 Å². The second-order valence-electron chi connectivity index (χ2n) is 5.21. The van der Waals surface area contributed by atoms with Crippen molar-refractivity contribution < 1.29 is 0 Å². The average molecular weight is 287 g/mol. The van der Waals surface area contributed by atoms with Gasteiger partial charge in [0.15, 0.2) is 0 Å². The SMILES string of the molecule is Cc1ccc(=O)n(CC(CBr)C(C)(C)C)n1. The van der Waals surface area contributed by atoms with Gasteiger partial charge in [0, 0.05) is 17.9 Å². The molecule has 0 fully saturated rings. The molecule has 0 aliphatic carbocycles. The van der Waals surface area contributed by atoms with Crippen molar-refractivity contribution in [2.24, 2.45) is 11.3 Å². The van der Waals surface area contributed by atoms with Gasteiger partial charge in [-0.3, -0.25) is 4.79 Å². The normalized spacial score (nSPS) is 13.8. The highest BCUT2D eigenvalue weighted by Crippen LogP contribution is 2.28. The monoisotopic (exact) mass is 286 g/mol. The van der Waals surface area contributed by atoms with Crippen molar-refractivity contribution in [2.45, 2.75) is 34.2 Å². The quantitative estimate of drug-likeness (QED) is 0.801. The van der Waals surface area contributed by atoms with Crippen LogP contribution >= 0.6 is 15.9 Å². The number of hydrogen-bond acceptors (Lipinski definition) is 2. The molecule has 0 N–H and O–H groups in total. The van der Waals surface area contributed by atoms with Gasteiger partial charge in [-0.05, 0) is 24.3 Å². The zero-order valence-corrected chi connectivity index (χ0v) is 11.9. The summed E-state index contributed by atoms with van der Waals surface area (Å²) in [5.41, 5.74) is 1.01. The van der Waals surface area contributed by atoms with E-state index in [0.717, 1.165) is 11.0 Å². The van der Waals surface area contributed by atoms with Crippen molar-refractivity contribution in [1.82, 2.24) is 9.78 Å². The molecule has 0 bridgehead atoms. The van der Waals surface area contributed by atoms with E-state index in [1.165, 1.54) is 0 Å². The van der Waals surface area contributed by atoms with Gasteiger partial charge in [-0.2, -0.15) is 5.10 Å². The van der Waals surface area contributed by atoms with E-state index in [2.05, 4.69) is 41.8 Å². The Balaban J connectivity index is 2.95. The van der Waals surface area contributed by atoms with Crippen LogP contribution in [0.3, 0.4) is 0 Å². The Morgan fingerprint density at radius 1 is 1.44 bits per heavy atom. The predicted octanol–water partition coefficient (Wildman–Crippen LogP) is 2.61. The second kappa shape index (κ2) is 5.13. The molecule has 3 nitrogen and oxygen atoms in total. The van der Waals surface area contributed by atoms with Crippen molar-refractivity contribution >= 4 is 15.9 Å². The number of hydrogen-bond donors (Lipinski definition) is 0. The minimum Gasteiger partial charge on any atom is -0.268 e. The Morgan fingerprint density at radius 3 is 2.56 bits per heavy atom. The standard InChI is InChI=1S/C12H19BrN2O/c1-9-5-6-11(16)15(14-9)8-10(7-13)12(2,3)4/h5-6,10H,7-8H2,1-4H3. The molecule has 0 aliphatic heterocycles. The Labute approximate surface area is 105 Å². The van der Waals surface area contributed by atoms with E-state index < -0.39 is 0 Å². The number of alkyl halides is 1. The first-order chi connectivity index (χ1) is 7.34. The van der Waals surface area contributed by atoms with Crippen LogP contribution in [-0.2, 0) is 6.54 Å². The number of aryl methyl sites for hydroxylation is 1. The van der Waals surface area contributed by atoms with Crippen LogP contribution in [-0.4, -0.2) is 15.1 Å². The molecular weight excluding hydrogens is 268 g/mol. The Hall–Kier alpha value is -0.640. The maximum atomic E-state index is 11.6. The first-order valence-corrected chi connectivity index (χ1v) is 6.57. The van der Waals surface area contributed by atoms with Crippen LogP contribution in [0, 0.1) is 18.3 Å². The minimum atomic E-state index is -0.0270. The Morgan fingerprint density at radius 2 is 2.06 bits per heavy atom. The van der Waals surface area contributed by atoms with Crippen molar-refractivity contribution in [3.63, 3.8) is 0 Å². The number of aromatic nitrogens is 2. The van der Waals surface area contributed by atoms with Crippen LogP contribution in [0.2, 0.25) is 0 Å². The Bertz CT molecular complexity index is 406. The highest BCUT2D eigenvalue weighted by Gasteiger charge is 2.24. The summed E-state index contributed by atoms with van der Waals surface area (Å²) in [6.07, 6.45) is 0. The van der Waals surface area contributed by atoms with Gasteiger partial charge in [-0.25, -0.2) is 4.68 Å². The molecule has 1 aromatic rings. The zero-order chi connectivity index (χ0) is 12.3. The van der Waals surface area contributed by atoms with Crippen LogP contribution < -0.4 is 5.56 Å². The lowest BCUT2D eigenvalue weighted by atomic mass is 9.82. The third kappa shape index (κ3) is 3.44. The fraction of sp³-hybridized carbons (Fsp3) is 0.667. The van der Waals surface area contributed by atoms with Gasteiger partial charge in [-0.1, -0.05) is 36.7 Å². The molecule has 0 aliphatic rings. The van der Waals surface area contributed by atoms with Crippen LogP contribution in [0.15, 0.2) is 16.9 Å². The molecule has 0 saturated heterocycles. The first-order valence-electron chi connectivity index (χ1n) is 5.45. The van der Waals surface area contributed by atoms with Crippen LogP contribution in [0.4, 0.5) is 0 Å². The highest BCUT2D eigenvalue weighted by molar-refractivity contribution is 9.09. The minimum absolute atomic E-state index is 0.0270. The summed E-state index contributed by atoms with van der Waals surface area (Å²) in [7, 11) is 0. The van der Waals surface area contributed by atoms with E-state index in [4.69, 9.17) is 0 Å². The van der Waals surface area contributed by atoms with Gasteiger partial charge in [0.25, 0.3) is 5.56 Å². The van der Waals surface area contributed by atoms with E-state index in [-0.39, 0.29) is 11.0 Å². The largest absolute Gasteiger partial charge is 0.268 e. The number of rotatable bonds is 3. The summed E-state index contributed by atoms with van der Waals surface area (Å²) < 4.78 is 1.56. The zero-order valence-electron chi connectivity index (χ0n) is 10.3. The van der Waals surface area contributed by atoms with Gasteiger partial charge in [0.1, 0.15) is 0 Å². The van der Waals surface area contributed by atoms with Crippen molar-refractivity contribution in [2.75, 3.05) is 5.33 Å². The van der Waals surface area contributed by atoms with Gasteiger partial charge in [0.2, 0.25) is 0 Å². The lowest BCUT2D eigenvalue weighted by molar-refractivity contribution is 0.228. The second-order valence-corrected chi connectivity index (χ2v) is 5.86. The van der Waals surface area contributed by atoms with Gasteiger partial charge in [0.05, 0.1) is 5.69 Å². The van der Waals surface area contributed by atoms with Crippen molar-refractivity contribution in [3.8, 4) is 0 Å². The van der Waals surface area contributed by atoms with Crippen molar-refractivity contribution in [3.05, 3.63) is 28.2 Å². The maximum absolute atomic E-state index is 11.6. The van der Waals surface area contributed by atoms with E-state index in [9.17, 15) is 4.79 Å². The molecule has 0 amide bonds. The molecule has 1 heterocycles. The summed E-state index contributed by atoms with van der Waals surface area (Å²) in [6.45, 7) is 9.10. The molecule has 16 heavy (non-hydrogen) atoms. The first kappa shape index (κ1) is 13.4. The highest BCUT2D eigenvalue weighted by atomic mass is 79.9. The van der Waals surface area contributed by atoms with E-state index in [1.54, 1.807) is 16.8 Å². The van der Waals surface area contributed by atoms with Crippen LogP contribution in [0.25, 0.3) is 0 Å². The van der Waals surface area contributed by atoms with E-state index in [0.29, 0.717) is 12.5 Å². The molecule has 1 unspecified atom stereocenters. The summed E-state index contributed by atoms with van der Waals surface area (Å²) in [5, 5.41) is 5.13. The average Bonchev–Trinajstić information content (AvgIpc) is 2.17. The molecule has 4 heteroatoms. The third-order valence-corrected chi connectivity index (χ3v) is 3.59.